The molecule has 0 aliphatic heterocycles. The number of pyridine rings is 1. The van der Waals surface area contributed by atoms with Crippen LogP contribution in [0, 0.1) is 0 Å². The Morgan fingerprint density at radius 2 is 2.18 bits per heavy atom. The number of nitrogen functional groups attached to an aromatic ring is 1. The van der Waals surface area contributed by atoms with Crippen molar-refractivity contribution >= 4 is 11.6 Å². The van der Waals surface area contributed by atoms with Gasteiger partial charge in [0.05, 0.1) is 17.4 Å². The molecular weight excluding hydrogens is 216 g/mol. The normalized spacial score (nSPS) is 11.6. The average molecular weight is 236 g/mol. The molecular formula is C12H20N4O. The standard InChI is InChI=1S/C12H20N4O/c1-12(2,16(3)4)8-15-11(17)9-5-6-14-7-10(9)13/h5-7H,8,13H2,1-4H3,(H,15,17). The van der Waals surface area contributed by atoms with Gasteiger partial charge in [0.2, 0.25) is 0 Å². The highest BCUT2D eigenvalue weighted by molar-refractivity contribution is 5.98. The summed E-state index contributed by atoms with van der Waals surface area (Å²) >= 11 is 0. The van der Waals surface area contributed by atoms with Gasteiger partial charge in [-0.05, 0) is 34.0 Å². The molecule has 0 saturated carbocycles. The Morgan fingerprint density at radius 1 is 1.53 bits per heavy atom. The molecule has 1 rings (SSSR count). The number of hydrogen-bond acceptors (Lipinski definition) is 4. The van der Waals surface area contributed by atoms with Crippen molar-refractivity contribution in [1.29, 1.82) is 0 Å². The molecule has 94 valence electrons. The number of nitrogens with two attached hydrogens (primary N) is 1. The molecule has 0 spiro atoms. The number of likely N-dealkylation sites (N-methyl/N-ethyl adjacent to an activating group) is 1. The SMILES string of the molecule is CN(C)C(C)(C)CNC(=O)c1ccncc1N. The number of aromatic nitrogens is 1. The van der Waals surface area contributed by atoms with Gasteiger partial charge in [-0.2, -0.15) is 0 Å². The summed E-state index contributed by atoms with van der Waals surface area (Å²) in [4.78, 5) is 17.8. The lowest BCUT2D eigenvalue weighted by Crippen LogP contribution is -2.48. The summed E-state index contributed by atoms with van der Waals surface area (Å²) in [5.74, 6) is -0.167. The van der Waals surface area contributed by atoms with Crippen LogP contribution in [0.2, 0.25) is 0 Å². The van der Waals surface area contributed by atoms with Gasteiger partial charge in [-0.25, -0.2) is 0 Å². The summed E-state index contributed by atoms with van der Waals surface area (Å²) in [5, 5.41) is 2.87. The lowest BCUT2D eigenvalue weighted by molar-refractivity contribution is 0.0920. The van der Waals surface area contributed by atoms with E-state index in [0.717, 1.165) is 0 Å². The molecule has 0 saturated heterocycles. The highest BCUT2D eigenvalue weighted by Gasteiger charge is 2.21. The number of nitrogens with one attached hydrogen (secondary N) is 1. The van der Waals surface area contributed by atoms with Gasteiger partial charge in [0.15, 0.2) is 0 Å². The Balaban J connectivity index is 2.66. The lowest BCUT2D eigenvalue weighted by Gasteiger charge is -2.32. The summed E-state index contributed by atoms with van der Waals surface area (Å²) in [6, 6.07) is 1.62. The highest BCUT2D eigenvalue weighted by Crippen LogP contribution is 2.11. The van der Waals surface area contributed by atoms with Gasteiger partial charge in [-0.15, -0.1) is 0 Å². The Hall–Kier alpha value is -1.62. The van der Waals surface area contributed by atoms with Crippen LogP contribution in [0.5, 0.6) is 0 Å². The van der Waals surface area contributed by atoms with Gasteiger partial charge in [-0.1, -0.05) is 0 Å². The Morgan fingerprint density at radius 3 is 2.71 bits per heavy atom. The number of rotatable bonds is 4. The van der Waals surface area contributed by atoms with Gasteiger partial charge in [0.25, 0.3) is 5.91 Å². The molecule has 1 aromatic rings. The quantitative estimate of drug-likeness (QED) is 0.808. The van der Waals surface area contributed by atoms with Crippen molar-refractivity contribution in [3.05, 3.63) is 24.0 Å². The molecule has 0 aliphatic rings. The second kappa shape index (κ2) is 5.14. The van der Waals surface area contributed by atoms with Crippen LogP contribution in [0.1, 0.15) is 24.2 Å². The molecule has 0 aromatic carbocycles. The molecule has 1 heterocycles. The Bertz CT molecular complexity index is 401. The van der Waals surface area contributed by atoms with Gasteiger partial charge >= 0.3 is 0 Å². The first-order chi connectivity index (χ1) is 7.84. The molecule has 0 aliphatic carbocycles. The number of carbonyl (C=O) groups is 1. The number of amides is 1. The van der Waals surface area contributed by atoms with Gasteiger partial charge in [0.1, 0.15) is 0 Å². The number of hydrogen-bond donors (Lipinski definition) is 2. The molecule has 17 heavy (non-hydrogen) atoms. The predicted molar refractivity (Wildman–Crippen MR) is 68.7 cm³/mol. The monoisotopic (exact) mass is 236 g/mol. The third-order valence-electron chi connectivity index (χ3n) is 2.99. The molecule has 5 heteroatoms. The maximum atomic E-state index is 11.9. The van der Waals surface area contributed by atoms with Crippen LogP contribution in [0.4, 0.5) is 5.69 Å². The first-order valence-corrected chi connectivity index (χ1v) is 5.50. The van der Waals surface area contributed by atoms with E-state index in [1.54, 1.807) is 12.3 Å². The van der Waals surface area contributed by atoms with Gasteiger partial charge in [0, 0.05) is 18.3 Å². The maximum absolute atomic E-state index is 11.9. The van der Waals surface area contributed by atoms with Crippen molar-refractivity contribution in [1.82, 2.24) is 15.2 Å². The second-order valence-electron chi connectivity index (χ2n) is 4.85. The first kappa shape index (κ1) is 13.4. The van der Waals surface area contributed by atoms with E-state index in [0.29, 0.717) is 17.8 Å². The highest BCUT2D eigenvalue weighted by atomic mass is 16.1. The lowest BCUT2D eigenvalue weighted by atomic mass is 10.0. The van der Waals surface area contributed by atoms with Gasteiger partial charge in [-0.3, -0.25) is 9.78 Å². The summed E-state index contributed by atoms with van der Waals surface area (Å²) in [7, 11) is 3.96. The average Bonchev–Trinajstić information content (AvgIpc) is 2.26. The largest absolute Gasteiger partial charge is 0.397 e. The van der Waals surface area contributed by atoms with Crippen molar-refractivity contribution in [3.8, 4) is 0 Å². The minimum atomic E-state index is -0.167. The van der Waals surface area contributed by atoms with Crippen LogP contribution in [-0.2, 0) is 0 Å². The molecule has 0 radical (unpaired) electrons. The fraction of sp³-hybridized carbons (Fsp3) is 0.500. The first-order valence-electron chi connectivity index (χ1n) is 5.50. The number of carbonyl (C=O) groups excluding carboxylic acids is 1. The molecule has 0 unspecified atom stereocenters. The minimum Gasteiger partial charge on any atom is -0.397 e. The van der Waals surface area contributed by atoms with E-state index in [9.17, 15) is 4.79 Å². The summed E-state index contributed by atoms with van der Waals surface area (Å²) in [6.45, 7) is 4.67. The molecule has 1 amide bonds. The van der Waals surface area contributed by atoms with E-state index in [-0.39, 0.29) is 11.4 Å². The molecule has 0 bridgehead atoms. The Kier molecular flexibility index (Phi) is 4.07. The summed E-state index contributed by atoms with van der Waals surface area (Å²) < 4.78 is 0. The topological polar surface area (TPSA) is 71.2 Å². The zero-order valence-electron chi connectivity index (χ0n) is 10.8. The van der Waals surface area contributed by atoms with E-state index in [1.165, 1.54) is 6.20 Å². The van der Waals surface area contributed by atoms with Crippen LogP contribution >= 0.6 is 0 Å². The Labute approximate surface area is 102 Å². The van der Waals surface area contributed by atoms with E-state index in [4.69, 9.17) is 5.73 Å². The van der Waals surface area contributed by atoms with Crippen molar-refractivity contribution < 1.29 is 4.79 Å². The smallest absolute Gasteiger partial charge is 0.253 e. The fourth-order valence-electron chi connectivity index (χ4n) is 1.16. The molecule has 0 atom stereocenters. The molecule has 3 N–H and O–H groups in total. The number of anilines is 1. The van der Waals surface area contributed by atoms with Crippen molar-refractivity contribution in [2.75, 3.05) is 26.4 Å². The second-order valence-corrected chi connectivity index (χ2v) is 4.85. The maximum Gasteiger partial charge on any atom is 0.253 e. The fourth-order valence-corrected chi connectivity index (χ4v) is 1.16. The third kappa shape index (κ3) is 3.42. The van der Waals surface area contributed by atoms with Crippen LogP contribution in [0.3, 0.4) is 0 Å². The van der Waals surface area contributed by atoms with Crippen LogP contribution in [0.25, 0.3) is 0 Å². The summed E-state index contributed by atoms with van der Waals surface area (Å²) in [6.07, 6.45) is 3.04. The van der Waals surface area contributed by atoms with E-state index >= 15 is 0 Å². The predicted octanol–water partition coefficient (Wildman–Crippen LogP) is 0.734. The zero-order chi connectivity index (χ0) is 13.1. The van der Waals surface area contributed by atoms with E-state index < -0.39 is 0 Å². The van der Waals surface area contributed by atoms with Crippen molar-refractivity contribution in [2.45, 2.75) is 19.4 Å². The molecule has 1 aromatic heterocycles. The zero-order valence-corrected chi connectivity index (χ0v) is 10.8. The van der Waals surface area contributed by atoms with Gasteiger partial charge < -0.3 is 16.0 Å². The van der Waals surface area contributed by atoms with Crippen LogP contribution in [0.15, 0.2) is 18.5 Å². The van der Waals surface area contributed by atoms with E-state index in [1.807, 2.05) is 14.1 Å². The molecule has 5 nitrogen and oxygen atoms in total. The van der Waals surface area contributed by atoms with Crippen LogP contribution in [-0.4, -0.2) is 42.0 Å². The van der Waals surface area contributed by atoms with Crippen molar-refractivity contribution in [3.63, 3.8) is 0 Å². The molecule has 0 fully saturated rings. The minimum absolute atomic E-state index is 0.0997. The third-order valence-corrected chi connectivity index (χ3v) is 2.99. The van der Waals surface area contributed by atoms with Crippen LogP contribution < -0.4 is 11.1 Å². The summed E-state index contributed by atoms with van der Waals surface area (Å²) in [5.41, 5.74) is 6.45. The van der Waals surface area contributed by atoms with Crippen molar-refractivity contribution in [2.24, 2.45) is 0 Å². The number of nitrogens with zero attached hydrogens (tertiary/aromatic N) is 2. The van der Waals surface area contributed by atoms with E-state index in [2.05, 4.69) is 29.0 Å².